The number of nitrogens with one attached hydrogen (secondary N) is 1. The van der Waals surface area contributed by atoms with Crippen LogP contribution in [0, 0.1) is 5.92 Å². The molecule has 0 aromatic carbocycles. The van der Waals surface area contributed by atoms with Crippen LogP contribution in [-0.4, -0.2) is 29.5 Å². The molecule has 1 rings (SSSR count). The summed E-state index contributed by atoms with van der Waals surface area (Å²) in [7, 11) is 0. The van der Waals surface area contributed by atoms with Gasteiger partial charge in [-0.1, -0.05) is 20.8 Å². The van der Waals surface area contributed by atoms with E-state index in [1.807, 2.05) is 6.20 Å². The summed E-state index contributed by atoms with van der Waals surface area (Å²) in [5, 5.41) is 7.74. The van der Waals surface area contributed by atoms with Gasteiger partial charge in [0.05, 0.1) is 5.69 Å². The first-order valence-electron chi connectivity index (χ1n) is 7.03. The van der Waals surface area contributed by atoms with Crippen molar-refractivity contribution in [3.05, 3.63) is 18.0 Å². The highest BCUT2D eigenvalue weighted by molar-refractivity contribution is 4.99. The van der Waals surface area contributed by atoms with Crippen LogP contribution in [0.5, 0.6) is 0 Å². The van der Waals surface area contributed by atoms with E-state index in [9.17, 15) is 0 Å². The fraction of sp³-hybridized carbons (Fsp3) is 0.786. The zero-order chi connectivity index (χ0) is 13.2. The molecule has 0 saturated heterocycles. The molecular weight excluding hydrogens is 226 g/mol. The maximum Gasteiger partial charge on any atom is 0.0522 e. The number of hydrogen-bond acceptors (Lipinski definition) is 3. The Morgan fingerprint density at radius 2 is 2.28 bits per heavy atom. The van der Waals surface area contributed by atoms with Crippen molar-refractivity contribution in [3.8, 4) is 0 Å². The molecule has 104 valence electrons. The lowest BCUT2D eigenvalue weighted by atomic mass is 10.2. The Morgan fingerprint density at radius 1 is 1.44 bits per heavy atom. The van der Waals surface area contributed by atoms with Gasteiger partial charge in [-0.15, -0.1) is 0 Å². The minimum Gasteiger partial charge on any atom is -0.381 e. The smallest absolute Gasteiger partial charge is 0.0522 e. The third kappa shape index (κ3) is 6.17. The molecule has 0 fully saturated rings. The van der Waals surface area contributed by atoms with E-state index in [1.54, 1.807) is 0 Å². The van der Waals surface area contributed by atoms with Crippen LogP contribution in [0.2, 0.25) is 0 Å². The molecule has 4 nitrogen and oxygen atoms in total. The highest BCUT2D eigenvalue weighted by atomic mass is 16.5. The summed E-state index contributed by atoms with van der Waals surface area (Å²) in [6.45, 7) is 11.1. The maximum absolute atomic E-state index is 5.54. The van der Waals surface area contributed by atoms with E-state index in [0.717, 1.165) is 45.7 Å². The van der Waals surface area contributed by atoms with Crippen LogP contribution in [0.4, 0.5) is 0 Å². The second-order valence-corrected chi connectivity index (χ2v) is 5.04. The van der Waals surface area contributed by atoms with E-state index in [1.165, 1.54) is 5.69 Å². The lowest BCUT2D eigenvalue weighted by Crippen LogP contribution is -2.19. The predicted molar refractivity (Wildman–Crippen MR) is 74.5 cm³/mol. The van der Waals surface area contributed by atoms with Crippen molar-refractivity contribution in [2.24, 2.45) is 5.92 Å². The molecule has 0 amide bonds. The Labute approximate surface area is 111 Å². The first-order chi connectivity index (χ1) is 8.74. The van der Waals surface area contributed by atoms with Crippen LogP contribution in [0.15, 0.2) is 12.3 Å². The predicted octanol–water partition coefficient (Wildman–Crippen LogP) is 2.45. The summed E-state index contributed by atoms with van der Waals surface area (Å²) in [6, 6.07) is 2.08. The van der Waals surface area contributed by atoms with E-state index >= 15 is 0 Å². The van der Waals surface area contributed by atoms with Crippen LogP contribution >= 0.6 is 0 Å². The number of hydrogen-bond donors (Lipinski definition) is 1. The number of nitrogens with zero attached hydrogens (tertiary/aromatic N) is 2. The molecule has 1 aromatic heterocycles. The molecule has 0 radical (unpaired) electrons. The average molecular weight is 253 g/mol. The second-order valence-electron chi connectivity index (χ2n) is 5.04. The van der Waals surface area contributed by atoms with Gasteiger partial charge in [0.15, 0.2) is 0 Å². The first-order valence-corrected chi connectivity index (χ1v) is 7.03. The van der Waals surface area contributed by atoms with Crippen LogP contribution in [-0.2, 0) is 17.8 Å². The molecule has 0 aliphatic heterocycles. The standard InChI is InChI=1S/C14H27N3O/c1-4-9-17-14(6-8-16-17)11-15-7-5-10-18-12-13(2)3/h6,8,13,15H,4-5,7,9-12H2,1-3H3. The van der Waals surface area contributed by atoms with E-state index in [-0.39, 0.29) is 0 Å². The van der Waals surface area contributed by atoms with Gasteiger partial charge in [-0.3, -0.25) is 4.68 Å². The summed E-state index contributed by atoms with van der Waals surface area (Å²) in [4.78, 5) is 0. The van der Waals surface area contributed by atoms with Gasteiger partial charge in [-0.25, -0.2) is 0 Å². The third-order valence-electron chi connectivity index (χ3n) is 2.64. The zero-order valence-electron chi connectivity index (χ0n) is 12.0. The molecule has 18 heavy (non-hydrogen) atoms. The van der Waals surface area contributed by atoms with Gasteiger partial charge in [0.2, 0.25) is 0 Å². The highest BCUT2D eigenvalue weighted by Gasteiger charge is 2.00. The van der Waals surface area contributed by atoms with Gasteiger partial charge in [0.1, 0.15) is 0 Å². The molecule has 1 heterocycles. The molecule has 0 atom stereocenters. The van der Waals surface area contributed by atoms with Crippen molar-refractivity contribution in [2.45, 2.75) is 46.7 Å². The largest absolute Gasteiger partial charge is 0.381 e. The molecular formula is C14H27N3O. The highest BCUT2D eigenvalue weighted by Crippen LogP contribution is 2.00. The van der Waals surface area contributed by atoms with Crippen LogP contribution in [0.3, 0.4) is 0 Å². The van der Waals surface area contributed by atoms with E-state index in [2.05, 4.69) is 41.9 Å². The van der Waals surface area contributed by atoms with Crippen molar-refractivity contribution in [1.82, 2.24) is 15.1 Å². The molecule has 0 aliphatic carbocycles. The van der Waals surface area contributed by atoms with Gasteiger partial charge in [-0.05, 0) is 31.4 Å². The number of aryl methyl sites for hydroxylation is 1. The summed E-state index contributed by atoms with van der Waals surface area (Å²) < 4.78 is 7.61. The average Bonchev–Trinajstić information content (AvgIpc) is 2.76. The summed E-state index contributed by atoms with van der Waals surface area (Å²) in [6.07, 6.45) is 4.06. The molecule has 1 aromatic rings. The van der Waals surface area contributed by atoms with Gasteiger partial charge in [-0.2, -0.15) is 5.10 Å². The molecule has 0 saturated carbocycles. The first kappa shape index (κ1) is 15.2. The number of aromatic nitrogens is 2. The van der Waals surface area contributed by atoms with Crippen LogP contribution < -0.4 is 5.32 Å². The van der Waals surface area contributed by atoms with Crippen molar-refractivity contribution in [3.63, 3.8) is 0 Å². The van der Waals surface area contributed by atoms with Gasteiger partial charge in [0, 0.05) is 32.5 Å². The lowest BCUT2D eigenvalue weighted by molar-refractivity contribution is 0.108. The molecule has 0 aliphatic rings. The van der Waals surface area contributed by atoms with Crippen molar-refractivity contribution in [1.29, 1.82) is 0 Å². The summed E-state index contributed by atoms with van der Waals surface area (Å²) in [5.74, 6) is 0.626. The Kier molecular flexibility index (Phi) is 7.69. The Hall–Kier alpha value is -0.870. The quantitative estimate of drug-likeness (QED) is 0.651. The van der Waals surface area contributed by atoms with Crippen molar-refractivity contribution < 1.29 is 4.74 Å². The van der Waals surface area contributed by atoms with E-state index in [0.29, 0.717) is 5.92 Å². The monoisotopic (exact) mass is 253 g/mol. The minimum atomic E-state index is 0.626. The molecule has 0 unspecified atom stereocenters. The van der Waals surface area contributed by atoms with Crippen molar-refractivity contribution in [2.75, 3.05) is 19.8 Å². The topological polar surface area (TPSA) is 39.1 Å². The molecule has 0 bridgehead atoms. The third-order valence-corrected chi connectivity index (χ3v) is 2.64. The fourth-order valence-corrected chi connectivity index (χ4v) is 1.76. The lowest BCUT2D eigenvalue weighted by Gasteiger charge is -2.09. The van der Waals surface area contributed by atoms with Crippen LogP contribution in [0.25, 0.3) is 0 Å². The van der Waals surface area contributed by atoms with E-state index in [4.69, 9.17) is 4.74 Å². The molecule has 1 N–H and O–H groups in total. The SMILES string of the molecule is CCCn1nccc1CNCCCOCC(C)C. The molecule has 0 spiro atoms. The van der Waals surface area contributed by atoms with Gasteiger partial charge >= 0.3 is 0 Å². The van der Waals surface area contributed by atoms with Gasteiger partial charge < -0.3 is 10.1 Å². The number of ether oxygens (including phenoxy) is 1. The number of rotatable bonds is 10. The Morgan fingerprint density at radius 3 is 3.00 bits per heavy atom. The van der Waals surface area contributed by atoms with Gasteiger partial charge in [0.25, 0.3) is 0 Å². The van der Waals surface area contributed by atoms with E-state index < -0.39 is 0 Å². The Balaban J connectivity index is 2.05. The maximum atomic E-state index is 5.54. The minimum absolute atomic E-state index is 0.626. The van der Waals surface area contributed by atoms with Crippen molar-refractivity contribution >= 4 is 0 Å². The fourth-order valence-electron chi connectivity index (χ4n) is 1.76. The molecule has 4 heteroatoms. The zero-order valence-corrected chi connectivity index (χ0v) is 12.0. The Bertz CT molecular complexity index is 310. The summed E-state index contributed by atoms with van der Waals surface area (Å²) in [5.41, 5.74) is 1.26. The summed E-state index contributed by atoms with van der Waals surface area (Å²) >= 11 is 0. The van der Waals surface area contributed by atoms with Crippen LogP contribution in [0.1, 0.15) is 39.3 Å². The normalized spacial score (nSPS) is 11.3. The second kappa shape index (κ2) is 9.11.